The van der Waals surface area contributed by atoms with Crippen LogP contribution in [0.5, 0.6) is 0 Å². The van der Waals surface area contributed by atoms with Gasteiger partial charge in [0.15, 0.2) is 0 Å². The Morgan fingerprint density at radius 1 is 1.32 bits per heavy atom. The zero-order valence-corrected chi connectivity index (χ0v) is 11.5. The summed E-state index contributed by atoms with van der Waals surface area (Å²) in [4.78, 5) is 19.8. The Kier molecular flexibility index (Phi) is 4.12. The van der Waals surface area contributed by atoms with E-state index in [2.05, 4.69) is 15.3 Å². The van der Waals surface area contributed by atoms with Crippen LogP contribution in [-0.4, -0.2) is 15.9 Å². The van der Waals surface area contributed by atoms with Crippen LogP contribution in [0.2, 0.25) is 5.15 Å². The SMILES string of the molecule is Cc1ccc(C)c(CC(=O)Nc2nccc(Cl)n2)c1. The average molecular weight is 276 g/mol. The van der Waals surface area contributed by atoms with Gasteiger partial charge in [-0.1, -0.05) is 35.4 Å². The highest BCUT2D eigenvalue weighted by Gasteiger charge is 2.08. The number of aryl methyl sites for hydroxylation is 2. The smallest absolute Gasteiger partial charge is 0.231 e. The third kappa shape index (κ3) is 3.76. The van der Waals surface area contributed by atoms with Gasteiger partial charge in [0, 0.05) is 6.20 Å². The Balaban J connectivity index is 2.07. The van der Waals surface area contributed by atoms with Crippen molar-refractivity contribution in [3.8, 4) is 0 Å². The molecule has 0 aliphatic rings. The summed E-state index contributed by atoms with van der Waals surface area (Å²) in [6.45, 7) is 3.98. The number of carbonyl (C=O) groups is 1. The molecule has 0 unspecified atom stereocenters. The minimum absolute atomic E-state index is 0.157. The van der Waals surface area contributed by atoms with Crippen molar-refractivity contribution >= 4 is 23.5 Å². The van der Waals surface area contributed by atoms with E-state index in [1.54, 1.807) is 6.07 Å². The fraction of sp³-hybridized carbons (Fsp3) is 0.214. The number of hydrogen-bond acceptors (Lipinski definition) is 3. The van der Waals surface area contributed by atoms with Gasteiger partial charge in [0.25, 0.3) is 0 Å². The summed E-state index contributed by atoms with van der Waals surface area (Å²) in [5.41, 5.74) is 3.22. The van der Waals surface area contributed by atoms with E-state index in [1.165, 1.54) is 6.20 Å². The van der Waals surface area contributed by atoms with Gasteiger partial charge in [0.05, 0.1) is 6.42 Å². The van der Waals surface area contributed by atoms with E-state index in [9.17, 15) is 4.79 Å². The second-order valence-electron chi connectivity index (χ2n) is 4.36. The Morgan fingerprint density at radius 3 is 2.84 bits per heavy atom. The topological polar surface area (TPSA) is 54.9 Å². The lowest BCUT2D eigenvalue weighted by Gasteiger charge is -2.07. The van der Waals surface area contributed by atoms with Crippen molar-refractivity contribution in [2.45, 2.75) is 20.3 Å². The zero-order valence-electron chi connectivity index (χ0n) is 10.8. The van der Waals surface area contributed by atoms with Crippen LogP contribution < -0.4 is 5.32 Å². The van der Waals surface area contributed by atoms with E-state index in [1.807, 2.05) is 32.0 Å². The number of hydrogen-bond donors (Lipinski definition) is 1. The maximum Gasteiger partial charge on any atom is 0.231 e. The summed E-state index contributed by atoms with van der Waals surface area (Å²) in [6, 6.07) is 7.60. The third-order valence-corrected chi connectivity index (χ3v) is 2.94. The first kappa shape index (κ1) is 13.5. The number of anilines is 1. The molecule has 0 aliphatic heterocycles. The quantitative estimate of drug-likeness (QED) is 0.876. The van der Waals surface area contributed by atoms with Crippen LogP contribution >= 0.6 is 11.6 Å². The number of amides is 1. The van der Waals surface area contributed by atoms with Crippen LogP contribution in [0.4, 0.5) is 5.95 Å². The molecule has 5 heteroatoms. The molecule has 19 heavy (non-hydrogen) atoms. The Bertz CT molecular complexity index is 613. The largest absolute Gasteiger partial charge is 0.294 e. The third-order valence-electron chi connectivity index (χ3n) is 2.73. The number of benzene rings is 1. The van der Waals surface area contributed by atoms with Crippen molar-refractivity contribution in [2.75, 3.05) is 5.32 Å². The normalized spacial score (nSPS) is 10.3. The Labute approximate surface area is 116 Å². The van der Waals surface area contributed by atoms with Crippen molar-refractivity contribution in [2.24, 2.45) is 0 Å². The number of rotatable bonds is 3. The summed E-state index contributed by atoms with van der Waals surface area (Å²) < 4.78 is 0. The maximum atomic E-state index is 11.9. The first-order valence-electron chi connectivity index (χ1n) is 5.89. The van der Waals surface area contributed by atoms with Crippen molar-refractivity contribution in [1.29, 1.82) is 0 Å². The van der Waals surface area contributed by atoms with E-state index >= 15 is 0 Å². The van der Waals surface area contributed by atoms with Gasteiger partial charge < -0.3 is 0 Å². The molecule has 0 atom stereocenters. The van der Waals surface area contributed by atoms with Crippen LogP contribution in [0.3, 0.4) is 0 Å². The lowest BCUT2D eigenvalue weighted by atomic mass is 10.0. The van der Waals surface area contributed by atoms with E-state index in [0.29, 0.717) is 11.6 Å². The monoisotopic (exact) mass is 275 g/mol. The molecule has 98 valence electrons. The second-order valence-corrected chi connectivity index (χ2v) is 4.75. The fourth-order valence-electron chi connectivity index (χ4n) is 1.73. The first-order valence-corrected chi connectivity index (χ1v) is 6.27. The highest BCUT2D eigenvalue weighted by Crippen LogP contribution is 2.12. The molecule has 0 bridgehead atoms. The van der Waals surface area contributed by atoms with Crippen LogP contribution in [0.1, 0.15) is 16.7 Å². The van der Waals surface area contributed by atoms with Gasteiger partial charge in [0.1, 0.15) is 5.15 Å². The molecule has 1 amide bonds. The van der Waals surface area contributed by atoms with Gasteiger partial charge >= 0.3 is 0 Å². The summed E-state index contributed by atoms with van der Waals surface area (Å²) >= 11 is 5.73. The summed E-state index contributed by atoms with van der Waals surface area (Å²) in [7, 11) is 0. The fourth-order valence-corrected chi connectivity index (χ4v) is 1.87. The molecule has 0 aliphatic carbocycles. The minimum atomic E-state index is -0.157. The van der Waals surface area contributed by atoms with E-state index in [0.717, 1.165) is 16.7 Å². The molecule has 2 rings (SSSR count). The molecule has 0 spiro atoms. The van der Waals surface area contributed by atoms with Crippen molar-refractivity contribution in [3.05, 3.63) is 52.3 Å². The standard InChI is InChI=1S/C14H14ClN3O/c1-9-3-4-10(2)11(7-9)8-13(19)18-14-16-6-5-12(15)17-14/h3-7H,8H2,1-2H3,(H,16,17,18,19). The van der Waals surface area contributed by atoms with Gasteiger partial charge in [-0.2, -0.15) is 0 Å². The van der Waals surface area contributed by atoms with Gasteiger partial charge in [-0.25, -0.2) is 9.97 Å². The van der Waals surface area contributed by atoms with Crippen molar-refractivity contribution in [3.63, 3.8) is 0 Å². The average Bonchev–Trinajstić information content (AvgIpc) is 2.34. The van der Waals surface area contributed by atoms with Crippen molar-refractivity contribution in [1.82, 2.24) is 9.97 Å². The second kappa shape index (κ2) is 5.80. The minimum Gasteiger partial charge on any atom is -0.294 e. The number of nitrogens with one attached hydrogen (secondary N) is 1. The molecular formula is C14H14ClN3O. The predicted molar refractivity (Wildman–Crippen MR) is 75.3 cm³/mol. The molecule has 2 aromatic rings. The molecule has 1 heterocycles. The molecule has 0 saturated heterocycles. The highest BCUT2D eigenvalue weighted by molar-refractivity contribution is 6.29. The van der Waals surface area contributed by atoms with Gasteiger partial charge in [0.2, 0.25) is 11.9 Å². The molecular weight excluding hydrogens is 262 g/mol. The number of nitrogens with zero attached hydrogens (tertiary/aromatic N) is 2. The molecule has 0 radical (unpaired) electrons. The molecule has 0 saturated carbocycles. The molecule has 1 aromatic carbocycles. The lowest BCUT2D eigenvalue weighted by Crippen LogP contribution is -2.17. The molecule has 1 aromatic heterocycles. The van der Waals surface area contributed by atoms with Gasteiger partial charge in [-0.15, -0.1) is 0 Å². The number of aromatic nitrogens is 2. The number of halogens is 1. The molecule has 0 fully saturated rings. The molecule has 4 nitrogen and oxygen atoms in total. The molecule has 1 N–H and O–H groups in total. The van der Waals surface area contributed by atoms with Crippen molar-refractivity contribution < 1.29 is 4.79 Å². The van der Waals surface area contributed by atoms with Crippen LogP contribution in [0.15, 0.2) is 30.5 Å². The van der Waals surface area contributed by atoms with Gasteiger partial charge in [-0.3, -0.25) is 10.1 Å². The van der Waals surface area contributed by atoms with E-state index < -0.39 is 0 Å². The summed E-state index contributed by atoms with van der Waals surface area (Å²) in [5.74, 6) is 0.0683. The Morgan fingerprint density at radius 2 is 2.11 bits per heavy atom. The number of carbonyl (C=O) groups excluding carboxylic acids is 1. The summed E-state index contributed by atoms with van der Waals surface area (Å²) in [6.07, 6.45) is 1.80. The highest BCUT2D eigenvalue weighted by atomic mass is 35.5. The van der Waals surface area contributed by atoms with E-state index in [-0.39, 0.29) is 11.9 Å². The maximum absolute atomic E-state index is 11.9. The van der Waals surface area contributed by atoms with Crippen LogP contribution in [0.25, 0.3) is 0 Å². The van der Waals surface area contributed by atoms with Crippen LogP contribution in [-0.2, 0) is 11.2 Å². The van der Waals surface area contributed by atoms with Crippen LogP contribution in [0, 0.1) is 13.8 Å². The predicted octanol–water partition coefficient (Wildman–Crippen LogP) is 2.93. The lowest BCUT2D eigenvalue weighted by molar-refractivity contribution is -0.115. The zero-order chi connectivity index (χ0) is 13.8. The van der Waals surface area contributed by atoms with E-state index in [4.69, 9.17) is 11.6 Å². The summed E-state index contributed by atoms with van der Waals surface area (Å²) in [5, 5.41) is 2.94. The Hall–Kier alpha value is -1.94. The first-order chi connectivity index (χ1) is 9.04. The van der Waals surface area contributed by atoms with Gasteiger partial charge in [-0.05, 0) is 31.0 Å².